The van der Waals surface area contributed by atoms with Gasteiger partial charge in [-0.3, -0.25) is 4.79 Å². The topological polar surface area (TPSA) is 44.8 Å². The Morgan fingerprint density at radius 2 is 2.31 bits per heavy atom. The molecule has 1 aromatic carbocycles. The lowest BCUT2D eigenvalue weighted by Crippen LogP contribution is -1.93. The zero-order valence-corrected chi connectivity index (χ0v) is 9.30. The molecule has 0 spiro atoms. The molecule has 1 aliphatic heterocycles. The lowest BCUT2D eigenvalue weighted by atomic mass is 10.2. The molecule has 5 heteroatoms. The van der Waals surface area contributed by atoms with Crippen molar-refractivity contribution in [2.24, 2.45) is 0 Å². The number of ether oxygens (including phenoxy) is 3. The van der Waals surface area contributed by atoms with Crippen molar-refractivity contribution in [2.45, 2.75) is 0 Å². The number of rotatable bonds is 2. The van der Waals surface area contributed by atoms with Crippen molar-refractivity contribution < 1.29 is 19.0 Å². The fourth-order valence-corrected chi connectivity index (χ4v) is 2.81. The summed E-state index contributed by atoms with van der Waals surface area (Å²) in [6.07, 6.45) is 0.797. The molecule has 3 rings (SSSR count). The van der Waals surface area contributed by atoms with E-state index in [1.54, 1.807) is 7.11 Å². The molecule has 0 N–H and O–H groups in total. The van der Waals surface area contributed by atoms with Crippen molar-refractivity contribution in [3.63, 3.8) is 0 Å². The number of methoxy groups -OCH3 is 1. The van der Waals surface area contributed by atoms with Gasteiger partial charge in [-0.15, -0.1) is 11.3 Å². The van der Waals surface area contributed by atoms with Crippen LogP contribution >= 0.6 is 11.3 Å². The molecule has 0 atom stereocenters. The van der Waals surface area contributed by atoms with Gasteiger partial charge in [0.15, 0.2) is 23.5 Å². The molecule has 0 saturated heterocycles. The number of hydrogen-bond donors (Lipinski definition) is 0. The summed E-state index contributed by atoms with van der Waals surface area (Å²) in [6, 6.07) is 3.75. The summed E-state index contributed by atoms with van der Waals surface area (Å²) < 4.78 is 16.9. The molecule has 4 nitrogen and oxygen atoms in total. The van der Waals surface area contributed by atoms with Gasteiger partial charge in [-0.2, -0.15) is 0 Å². The first kappa shape index (κ1) is 9.47. The van der Waals surface area contributed by atoms with Gasteiger partial charge in [0.2, 0.25) is 6.79 Å². The molecule has 0 unspecified atom stereocenters. The van der Waals surface area contributed by atoms with Crippen LogP contribution in [0.5, 0.6) is 17.2 Å². The molecule has 1 aliphatic rings. The minimum Gasteiger partial charge on any atom is -0.494 e. The molecular weight excluding hydrogens is 228 g/mol. The number of aldehydes is 1. The maximum Gasteiger partial charge on any atom is 0.231 e. The van der Waals surface area contributed by atoms with E-state index < -0.39 is 0 Å². The Hall–Kier alpha value is -1.75. The number of fused-ring (bicyclic) bond motifs is 3. The molecule has 0 radical (unpaired) electrons. The van der Waals surface area contributed by atoms with Crippen LogP contribution in [0.15, 0.2) is 12.1 Å². The van der Waals surface area contributed by atoms with Crippen LogP contribution < -0.4 is 14.2 Å². The van der Waals surface area contributed by atoms with E-state index in [-0.39, 0.29) is 6.79 Å². The third-order valence-corrected chi connectivity index (χ3v) is 3.54. The van der Waals surface area contributed by atoms with Gasteiger partial charge >= 0.3 is 0 Å². The van der Waals surface area contributed by atoms with Crippen molar-refractivity contribution in [3.05, 3.63) is 17.0 Å². The lowest BCUT2D eigenvalue weighted by Gasteiger charge is -2.01. The fraction of sp³-hybridized carbons (Fsp3) is 0.182. The minimum absolute atomic E-state index is 0.212. The molecule has 0 bridgehead atoms. The first-order valence-corrected chi connectivity index (χ1v) is 5.51. The normalized spacial score (nSPS) is 13.1. The van der Waals surface area contributed by atoms with E-state index in [4.69, 9.17) is 14.2 Å². The van der Waals surface area contributed by atoms with Crippen molar-refractivity contribution in [3.8, 4) is 17.2 Å². The Kier molecular flexibility index (Phi) is 2.00. The van der Waals surface area contributed by atoms with Crippen molar-refractivity contribution in [1.29, 1.82) is 0 Å². The first-order valence-electron chi connectivity index (χ1n) is 4.69. The number of carbonyl (C=O) groups excluding carboxylic acids is 1. The predicted octanol–water partition coefficient (Wildman–Crippen LogP) is 2.45. The molecule has 0 saturated carbocycles. The van der Waals surface area contributed by atoms with Gasteiger partial charge in [-0.25, -0.2) is 0 Å². The van der Waals surface area contributed by atoms with E-state index >= 15 is 0 Å². The van der Waals surface area contributed by atoms with E-state index in [1.165, 1.54) is 11.3 Å². The summed E-state index contributed by atoms with van der Waals surface area (Å²) in [4.78, 5) is 11.5. The molecule has 82 valence electrons. The van der Waals surface area contributed by atoms with Gasteiger partial charge in [-0.1, -0.05) is 0 Å². The maximum atomic E-state index is 10.9. The molecule has 2 heterocycles. The fourth-order valence-electron chi connectivity index (χ4n) is 1.82. The summed E-state index contributed by atoms with van der Waals surface area (Å²) >= 11 is 1.39. The maximum absolute atomic E-state index is 10.9. The highest BCUT2D eigenvalue weighted by Gasteiger charge is 2.23. The van der Waals surface area contributed by atoms with E-state index in [9.17, 15) is 4.79 Å². The monoisotopic (exact) mass is 236 g/mol. The van der Waals surface area contributed by atoms with Gasteiger partial charge in [0.25, 0.3) is 0 Å². The summed E-state index contributed by atoms with van der Waals surface area (Å²) in [7, 11) is 1.55. The van der Waals surface area contributed by atoms with Gasteiger partial charge in [-0.05, 0) is 12.1 Å². The van der Waals surface area contributed by atoms with E-state index in [2.05, 4.69) is 0 Å². The van der Waals surface area contributed by atoms with Crippen LogP contribution in [0.2, 0.25) is 0 Å². The van der Waals surface area contributed by atoms with Gasteiger partial charge in [0.1, 0.15) is 4.88 Å². The molecule has 0 fully saturated rings. The van der Waals surface area contributed by atoms with Crippen molar-refractivity contribution in [1.82, 2.24) is 0 Å². The third-order valence-electron chi connectivity index (χ3n) is 2.48. The van der Waals surface area contributed by atoms with E-state index in [0.717, 1.165) is 16.4 Å². The lowest BCUT2D eigenvalue weighted by molar-refractivity contribution is 0.112. The Balaban J connectivity index is 2.41. The predicted molar refractivity (Wildman–Crippen MR) is 59.9 cm³/mol. The van der Waals surface area contributed by atoms with Crippen LogP contribution in [0.1, 0.15) is 9.67 Å². The quantitative estimate of drug-likeness (QED) is 0.751. The number of carbonyl (C=O) groups is 1. The molecular formula is C11H8O4S. The standard InChI is InChI=1S/C11H8O4S/c1-13-11-8(4-12)16-7-3-2-6-10(9(7)11)15-5-14-6/h2-4H,5H2,1H3. The van der Waals surface area contributed by atoms with Crippen LogP contribution in [0.3, 0.4) is 0 Å². The minimum atomic E-state index is 0.212. The number of benzene rings is 1. The highest BCUT2D eigenvalue weighted by Crippen LogP contribution is 2.48. The van der Waals surface area contributed by atoms with Crippen molar-refractivity contribution in [2.75, 3.05) is 13.9 Å². The Morgan fingerprint density at radius 1 is 1.44 bits per heavy atom. The van der Waals surface area contributed by atoms with Crippen LogP contribution in [0.4, 0.5) is 0 Å². The first-order chi connectivity index (χ1) is 7.85. The summed E-state index contributed by atoms with van der Waals surface area (Å²) in [5, 5.41) is 0.824. The third kappa shape index (κ3) is 1.12. The van der Waals surface area contributed by atoms with Crippen LogP contribution in [-0.2, 0) is 0 Å². The zero-order valence-electron chi connectivity index (χ0n) is 8.48. The van der Waals surface area contributed by atoms with Crippen LogP contribution in [0, 0.1) is 0 Å². The van der Waals surface area contributed by atoms with Gasteiger partial charge < -0.3 is 14.2 Å². The number of hydrogen-bond acceptors (Lipinski definition) is 5. The van der Waals surface area contributed by atoms with E-state index in [1.807, 2.05) is 12.1 Å². The summed E-state index contributed by atoms with van der Waals surface area (Å²) in [5.41, 5.74) is 0. The largest absolute Gasteiger partial charge is 0.494 e. The van der Waals surface area contributed by atoms with Crippen LogP contribution in [0.25, 0.3) is 10.1 Å². The Labute approximate surface area is 95.3 Å². The summed E-state index contributed by atoms with van der Waals surface area (Å²) in [6.45, 7) is 0.212. The number of thiophene rings is 1. The Morgan fingerprint density at radius 3 is 3.06 bits per heavy atom. The van der Waals surface area contributed by atoms with Gasteiger partial charge in [0, 0.05) is 4.70 Å². The SMILES string of the molecule is COc1c(C=O)sc2ccc3c(c12)OCO3. The molecule has 0 amide bonds. The summed E-state index contributed by atoms with van der Waals surface area (Å²) in [5.74, 6) is 1.93. The van der Waals surface area contributed by atoms with Gasteiger partial charge in [0.05, 0.1) is 12.5 Å². The smallest absolute Gasteiger partial charge is 0.231 e. The highest BCUT2D eigenvalue weighted by molar-refractivity contribution is 7.21. The average molecular weight is 236 g/mol. The molecule has 16 heavy (non-hydrogen) atoms. The van der Waals surface area contributed by atoms with E-state index in [0.29, 0.717) is 22.1 Å². The second kappa shape index (κ2) is 3.38. The van der Waals surface area contributed by atoms with Crippen LogP contribution in [-0.4, -0.2) is 20.2 Å². The molecule has 0 aliphatic carbocycles. The second-order valence-corrected chi connectivity index (χ2v) is 4.37. The average Bonchev–Trinajstić information content (AvgIpc) is 2.90. The van der Waals surface area contributed by atoms with Crippen molar-refractivity contribution >= 4 is 27.7 Å². The molecule has 1 aromatic heterocycles. The highest BCUT2D eigenvalue weighted by atomic mass is 32.1. The second-order valence-electron chi connectivity index (χ2n) is 3.29. The Bertz CT molecular complexity index is 573. The molecule has 2 aromatic rings. The zero-order chi connectivity index (χ0) is 11.1.